The number of oxazole rings is 1. The lowest BCUT2D eigenvalue weighted by Crippen LogP contribution is -2.09. The molecule has 2 aromatic heterocycles. The fraction of sp³-hybridized carbons (Fsp3) is 0.333. The van der Waals surface area contributed by atoms with E-state index in [0.717, 1.165) is 11.3 Å². The van der Waals surface area contributed by atoms with E-state index in [1.54, 1.807) is 19.1 Å². The van der Waals surface area contributed by atoms with Crippen molar-refractivity contribution in [3.8, 4) is 5.69 Å². The maximum Gasteiger partial charge on any atom is 0.207 e. The lowest BCUT2D eigenvalue weighted by atomic mass is 10.2. The number of rotatable bonds is 5. The topological polar surface area (TPSA) is 86.7 Å². The predicted molar refractivity (Wildman–Crippen MR) is 85.4 cm³/mol. The molecule has 9 heteroatoms. The standard InChI is InChI=1S/C15H16FN5O2S/c1-9-4-5-12(16)13(6-9)21-14(18-19-20-21)7-24(22)8-15-17-10(2)11(3)23-15/h4-6H,7-8H2,1-3H3. The lowest BCUT2D eigenvalue weighted by molar-refractivity contribution is 0.487. The van der Waals surface area contributed by atoms with Crippen LogP contribution in [0.25, 0.3) is 5.69 Å². The van der Waals surface area contributed by atoms with Crippen molar-refractivity contribution in [2.24, 2.45) is 0 Å². The van der Waals surface area contributed by atoms with Crippen LogP contribution in [0.15, 0.2) is 22.6 Å². The number of hydrogen-bond acceptors (Lipinski definition) is 6. The molecular weight excluding hydrogens is 333 g/mol. The van der Waals surface area contributed by atoms with Gasteiger partial charge in [-0.25, -0.2) is 9.37 Å². The fourth-order valence-corrected chi connectivity index (χ4v) is 3.17. The average molecular weight is 349 g/mol. The fourth-order valence-electron chi connectivity index (χ4n) is 2.20. The summed E-state index contributed by atoms with van der Waals surface area (Å²) in [7, 11) is -1.33. The summed E-state index contributed by atoms with van der Waals surface area (Å²) in [6, 6.07) is 4.65. The van der Waals surface area contributed by atoms with Crippen LogP contribution in [-0.2, 0) is 22.3 Å². The summed E-state index contributed by atoms with van der Waals surface area (Å²) in [5.41, 5.74) is 1.88. The smallest absolute Gasteiger partial charge is 0.207 e. The van der Waals surface area contributed by atoms with Crippen LogP contribution in [0, 0.1) is 26.6 Å². The van der Waals surface area contributed by atoms with Gasteiger partial charge in [0.05, 0.1) is 11.4 Å². The zero-order chi connectivity index (χ0) is 17.3. The Bertz CT molecular complexity index is 886. The van der Waals surface area contributed by atoms with Gasteiger partial charge >= 0.3 is 0 Å². The van der Waals surface area contributed by atoms with Crippen LogP contribution in [0.4, 0.5) is 4.39 Å². The highest BCUT2D eigenvalue weighted by molar-refractivity contribution is 7.83. The molecule has 1 unspecified atom stereocenters. The monoisotopic (exact) mass is 349 g/mol. The summed E-state index contributed by atoms with van der Waals surface area (Å²) in [6.07, 6.45) is 0. The second-order valence-corrected chi connectivity index (χ2v) is 6.90. The first-order chi connectivity index (χ1) is 11.4. The van der Waals surface area contributed by atoms with Crippen molar-refractivity contribution in [3.05, 3.63) is 52.7 Å². The van der Waals surface area contributed by atoms with Crippen molar-refractivity contribution in [1.82, 2.24) is 25.2 Å². The Labute approximate surface area is 140 Å². The Morgan fingerprint density at radius 1 is 1.25 bits per heavy atom. The number of nitrogens with zero attached hydrogens (tertiary/aromatic N) is 5. The van der Waals surface area contributed by atoms with E-state index in [-0.39, 0.29) is 17.2 Å². The molecule has 7 nitrogen and oxygen atoms in total. The van der Waals surface area contributed by atoms with Crippen LogP contribution in [0.3, 0.4) is 0 Å². The third-order valence-electron chi connectivity index (χ3n) is 3.51. The van der Waals surface area contributed by atoms with Gasteiger partial charge in [0.25, 0.3) is 0 Å². The third kappa shape index (κ3) is 3.40. The quantitative estimate of drug-likeness (QED) is 0.701. The van der Waals surface area contributed by atoms with Gasteiger partial charge in [-0.2, -0.15) is 4.68 Å². The van der Waals surface area contributed by atoms with Gasteiger partial charge < -0.3 is 4.42 Å². The highest BCUT2D eigenvalue weighted by Gasteiger charge is 2.17. The minimum Gasteiger partial charge on any atom is -0.445 e. The second kappa shape index (κ2) is 6.60. The zero-order valence-corrected chi connectivity index (χ0v) is 14.3. The van der Waals surface area contributed by atoms with E-state index in [1.165, 1.54) is 10.7 Å². The maximum absolute atomic E-state index is 14.0. The van der Waals surface area contributed by atoms with Gasteiger partial charge in [0.2, 0.25) is 5.89 Å². The number of halogens is 1. The first-order valence-electron chi connectivity index (χ1n) is 7.25. The summed E-state index contributed by atoms with van der Waals surface area (Å²) in [6.45, 7) is 5.47. The van der Waals surface area contributed by atoms with Crippen molar-refractivity contribution in [2.45, 2.75) is 32.3 Å². The van der Waals surface area contributed by atoms with Crippen LogP contribution in [0.5, 0.6) is 0 Å². The molecule has 0 saturated heterocycles. The van der Waals surface area contributed by atoms with Gasteiger partial charge in [-0.15, -0.1) is 5.10 Å². The molecule has 0 bridgehead atoms. The number of benzene rings is 1. The summed E-state index contributed by atoms with van der Waals surface area (Å²) in [5, 5.41) is 11.2. The molecule has 1 aromatic carbocycles. The number of hydrogen-bond donors (Lipinski definition) is 0. The van der Waals surface area contributed by atoms with E-state index in [9.17, 15) is 8.60 Å². The van der Waals surface area contributed by atoms with E-state index < -0.39 is 16.6 Å². The molecule has 126 valence electrons. The van der Waals surface area contributed by atoms with Crippen LogP contribution in [0.1, 0.15) is 28.7 Å². The van der Waals surface area contributed by atoms with Crippen LogP contribution in [-0.4, -0.2) is 29.4 Å². The first-order valence-corrected chi connectivity index (χ1v) is 8.74. The van der Waals surface area contributed by atoms with Gasteiger partial charge in [-0.1, -0.05) is 6.07 Å². The minimum absolute atomic E-state index is 0.0703. The summed E-state index contributed by atoms with van der Waals surface area (Å²) >= 11 is 0. The predicted octanol–water partition coefficient (Wildman–Crippen LogP) is 2.16. The van der Waals surface area contributed by atoms with E-state index in [4.69, 9.17) is 4.42 Å². The normalized spacial score (nSPS) is 12.5. The van der Waals surface area contributed by atoms with Gasteiger partial charge in [-0.05, 0) is 48.9 Å². The molecule has 24 heavy (non-hydrogen) atoms. The summed E-state index contributed by atoms with van der Waals surface area (Å²) < 4.78 is 33.1. The molecule has 0 aliphatic rings. The lowest BCUT2D eigenvalue weighted by Gasteiger charge is -2.06. The maximum atomic E-state index is 14.0. The molecule has 2 heterocycles. The molecule has 0 amide bonds. The highest BCUT2D eigenvalue weighted by atomic mass is 32.2. The van der Waals surface area contributed by atoms with E-state index in [1.807, 2.05) is 13.8 Å². The van der Waals surface area contributed by atoms with Gasteiger partial charge in [-0.3, -0.25) is 4.21 Å². The second-order valence-electron chi connectivity index (χ2n) is 5.44. The number of tetrazole rings is 1. The Hall–Kier alpha value is -2.42. The van der Waals surface area contributed by atoms with E-state index in [2.05, 4.69) is 20.5 Å². The third-order valence-corrected chi connectivity index (χ3v) is 4.66. The molecule has 0 fully saturated rings. The Morgan fingerprint density at radius 2 is 2.04 bits per heavy atom. The highest BCUT2D eigenvalue weighted by Crippen LogP contribution is 2.17. The van der Waals surface area contributed by atoms with Crippen molar-refractivity contribution in [1.29, 1.82) is 0 Å². The molecule has 1 atom stereocenters. The molecule has 3 rings (SSSR count). The summed E-state index contributed by atoms with van der Waals surface area (Å²) in [5.74, 6) is 1.20. The van der Waals surface area contributed by atoms with Gasteiger partial charge in [0.1, 0.15) is 23.0 Å². The zero-order valence-electron chi connectivity index (χ0n) is 13.5. The molecule has 0 N–H and O–H groups in total. The van der Waals surface area contributed by atoms with Gasteiger partial charge in [0, 0.05) is 10.8 Å². The molecule has 0 saturated carbocycles. The largest absolute Gasteiger partial charge is 0.445 e. The molecule has 0 aliphatic heterocycles. The Balaban J connectivity index is 1.80. The van der Waals surface area contributed by atoms with Crippen molar-refractivity contribution in [3.63, 3.8) is 0 Å². The minimum atomic E-state index is -1.33. The molecule has 0 spiro atoms. The van der Waals surface area contributed by atoms with Crippen molar-refractivity contribution >= 4 is 10.8 Å². The van der Waals surface area contributed by atoms with Crippen LogP contribution < -0.4 is 0 Å². The first kappa shape index (κ1) is 16.4. The van der Waals surface area contributed by atoms with E-state index >= 15 is 0 Å². The Kier molecular flexibility index (Phi) is 4.52. The van der Waals surface area contributed by atoms with Crippen molar-refractivity contribution < 1.29 is 13.0 Å². The average Bonchev–Trinajstić information content (AvgIpc) is 3.08. The van der Waals surface area contributed by atoms with Crippen LogP contribution in [0.2, 0.25) is 0 Å². The summed E-state index contributed by atoms with van der Waals surface area (Å²) in [4.78, 5) is 4.21. The number of aryl methyl sites for hydroxylation is 3. The number of aromatic nitrogens is 5. The SMILES string of the molecule is Cc1ccc(F)c(-n2nnnc2CS(=O)Cc2nc(C)c(C)o2)c1. The van der Waals surface area contributed by atoms with Crippen LogP contribution >= 0.6 is 0 Å². The molecule has 3 aromatic rings. The molecule has 0 radical (unpaired) electrons. The molecule has 0 aliphatic carbocycles. The Morgan fingerprint density at radius 3 is 2.75 bits per heavy atom. The van der Waals surface area contributed by atoms with Gasteiger partial charge in [0.15, 0.2) is 5.82 Å². The van der Waals surface area contributed by atoms with E-state index in [0.29, 0.717) is 17.5 Å². The van der Waals surface area contributed by atoms with Crippen molar-refractivity contribution in [2.75, 3.05) is 0 Å². The molecular formula is C15H16FN5O2S.